The number of hydrogen-bond acceptors (Lipinski definition) is 3. The van der Waals surface area contributed by atoms with Crippen molar-refractivity contribution in [3.63, 3.8) is 0 Å². The van der Waals surface area contributed by atoms with E-state index in [0.717, 1.165) is 0 Å². The Labute approximate surface area is 77.9 Å². The van der Waals surface area contributed by atoms with Gasteiger partial charge < -0.3 is 4.55 Å². The van der Waals surface area contributed by atoms with Crippen molar-refractivity contribution in [3.8, 4) is 0 Å². The van der Waals surface area contributed by atoms with Gasteiger partial charge in [0.25, 0.3) is 0 Å². The topological polar surface area (TPSA) is 77.4 Å². The second-order valence-corrected chi connectivity index (χ2v) is 1.28. The first kappa shape index (κ1) is 10.5. The summed E-state index contributed by atoms with van der Waals surface area (Å²) in [4.78, 5) is 0. The molecule has 0 amide bonds. The fraction of sp³-hybridized carbons (Fsp3) is 0. The van der Waals surface area contributed by atoms with Gasteiger partial charge in [-0.15, -0.1) is 0 Å². The van der Waals surface area contributed by atoms with Gasteiger partial charge in [0.05, 0.1) is 0 Å². The quantitative estimate of drug-likeness (QED) is 0.253. The Bertz CT molecular complexity index is 90.7. The molecule has 0 aliphatic rings. The second-order valence-electron chi connectivity index (χ2n) is 0.428. The predicted octanol–water partition coefficient (Wildman–Crippen LogP) is -1.38. The number of hydrogen-bond donors (Lipinski definition) is 1. The van der Waals surface area contributed by atoms with E-state index in [1.807, 2.05) is 0 Å². The van der Waals surface area contributed by atoms with Crippen molar-refractivity contribution >= 4 is 61.8 Å². The first-order valence-electron chi connectivity index (χ1n) is 0.683. The van der Waals surface area contributed by atoms with Gasteiger partial charge in [0, 0.05) is 51.4 Å². The zero-order chi connectivity index (χ0) is 4.50. The minimum Gasteiger partial charge on any atom is -0.726 e. The molecule has 33 valence electrons. The van der Waals surface area contributed by atoms with Crippen LogP contribution in [0.25, 0.3) is 0 Å². The normalized spacial score (nSPS) is 9.67. The van der Waals surface area contributed by atoms with Crippen molar-refractivity contribution in [1.29, 1.82) is 0 Å². The minimum atomic E-state index is -4.92. The maximum Gasteiger partial charge on any atom is 0.215 e. The van der Waals surface area contributed by atoms with E-state index in [0.29, 0.717) is 0 Å². The Morgan fingerprint density at radius 1 is 1.50 bits per heavy atom. The Morgan fingerprint density at radius 3 is 1.50 bits per heavy atom. The van der Waals surface area contributed by atoms with Crippen molar-refractivity contribution in [2.75, 3.05) is 0 Å². The van der Waals surface area contributed by atoms with Crippen molar-refractivity contribution in [2.45, 2.75) is 0 Å². The average molecular weight is 136 g/mol. The van der Waals surface area contributed by atoms with E-state index >= 15 is 0 Å². The molecular formula is HKO4S-. The van der Waals surface area contributed by atoms with Gasteiger partial charge in [-0.25, -0.2) is 8.42 Å². The largest absolute Gasteiger partial charge is 0.726 e. The molecule has 1 radical (unpaired) electrons. The van der Waals surface area contributed by atoms with E-state index in [1.165, 1.54) is 0 Å². The van der Waals surface area contributed by atoms with E-state index in [4.69, 9.17) is 17.5 Å². The fourth-order valence-electron chi connectivity index (χ4n) is 0. The Hall–Kier alpha value is 1.51. The zero-order valence-corrected chi connectivity index (χ0v) is 7.02. The van der Waals surface area contributed by atoms with Crippen LogP contribution in [0.1, 0.15) is 0 Å². The molecule has 0 fully saturated rings. The van der Waals surface area contributed by atoms with Crippen LogP contribution in [0.4, 0.5) is 0 Å². The fourth-order valence-corrected chi connectivity index (χ4v) is 0. The van der Waals surface area contributed by atoms with E-state index in [1.54, 1.807) is 0 Å². The molecule has 0 saturated heterocycles. The maximum absolute atomic E-state index is 8.63. The molecule has 1 N–H and O–H groups in total. The van der Waals surface area contributed by atoms with Crippen LogP contribution in [0.15, 0.2) is 0 Å². The van der Waals surface area contributed by atoms with Crippen LogP contribution in [0.3, 0.4) is 0 Å². The SMILES string of the molecule is O=S(=O)([O-])O.[K]. The minimum absolute atomic E-state index is 0. The molecule has 0 atom stereocenters. The van der Waals surface area contributed by atoms with E-state index < -0.39 is 10.4 Å². The standard InChI is InChI=1S/K.H2O4S/c;1-5(2,3)4/h;(H2,1,2,3,4)/p-1. The third-order valence-corrected chi connectivity index (χ3v) is 0. The maximum atomic E-state index is 8.63. The summed E-state index contributed by atoms with van der Waals surface area (Å²) in [6.45, 7) is 0. The van der Waals surface area contributed by atoms with Gasteiger partial charge in [-0.1, -0.05) is 0 Å². The summed E-state index contributed by atoms with van der Waals surface area (Å²) in [5.41, 5.74) is 0. The molecule has 0 saturated carbocycles. The van der Waals surface area contributed by atoms with Gasteiger partial charge >= 0.3 is 0 Å². The van der Waals surface area contributed by atoms with Gasteiger partial charge in [-0.2, -0.15) is 0 Å². The van der Waals surface area contributed by atoms with Crippen LogP contribution < -0.4 is 0 Å². The third kappa shape index (κ3) is 49.3. The molecule has 0 aromatic rings. The summed E-state index contributed by atoms with van der Waals surface area (Å²) >= 11 is 0. The summed E-state index contributed by atoms with van der Waals surface area (Å²) in [5.74, 6) is 0. The Kier molecular flexibility index (Phi) is 6.12. The molecule has 0 aromatic heterocycles. The third-order valence-electron chi connectivity index (χ3n) is 0. The molecule has 6 heteroatoms. The zero-order valence-electron chi connectivity index (χ0n) is 3.08. The van der Waals surface area contributed by atoms with E-state index in [2.05, 4.69) is 0 Å². The molecule has 0 rings (SSSR count). The molecule has 0 heterocycles. The molecule has 0 bridgehead atoms. The van der Waals surface area contributed by atoms with Gasteiger partial charge in [-0.05, 0) is 0 Å². The van der Waals surface area contributed by atoms with Crippen LogP contribution >= 0.6 is 0 Å². The average Bonchev–Trinajstić information content (AvgIpc) is 0.722. The van der Waals surface area contributed by atoms with Crippen LogP contribution in [0, 0.1) is 0 Å². The summed E-state index contributed by atoms with van der Waals surface area (Å²) in [7, 11) is -4.92. The van der Waals surface area contributed by atoms with Crippen molar-refractivity contribution in [3.05, 3.63) is 0 Å². The summed E-state index contributed by atoms with van der Waals surface area (Å²) in [5, 5.41) is 0. The monoisotopic (exact) mass is 136 g/mol. The smallest absolute Gasteiger partial charge is 0.215 e. The Morgan fingerprint density at radius 2 is 1.50 bits per heavy atom. The van der Waals surface area contributed by atoms with Crippen LogP contribution in [0.2, 0.25) is 0 Å². The predicted molar refractivity (Wildman–Crippen MR) is 18.1 cm³/mol. The Balaban J connectivity index is 0. The molecule has 0 unspecified atom stereocenters. The van der Waals surface area contributed by atoms with Gasteiger partial charge in [0.2, 0.25) is 10.4 Å². The summed E-state index contributed by atoms with van der Waals surface area (Å²) in [6.07, 6.45) is 0. The van der Waals surface area contributed by atoms with E-state index in [-0.39, 0.29) is 51.4 Å². The first-order chi connectivity index (χ1) is 2.00. The molecule has 4 nitrogen and oxygen atoms in total. The number of rotatable bonds is 0. The van der Waals surface area contributed by atoms with Crippen LogP contribution in [0.5, 0.6) is 0 Å². The van der Waals surface area contributed by atoms with Gasteiger partial charge in [0.1, 0.15) is 0 Å². The molecule has 0 spiro atoms. The van der Waals surface area contributed by atoms with Gasteiger partial charge in [0.15, 0.2) is 0 Å². The van der Waals surface area contributed by atoms with Gasteiger partial charge in [-0.3, -0.25) is 4.55 Å². The molecular weight excluding hydrogens is 135 g/mol. The first-order valence-corrected chi connectivity index (χ1v) is 2.05. The van der Waals surface area contributed by atoms with E-state index in [9.17, 15) is 0 Å². The van der Waals surface area contributed by atoms with Crippen LogP contribution in [-0.4, -0.2) is 68.9 Å². The summed E-state index contributed by atoms with van der Waals surface area (Å²) in [6, 6.07) is 0. The second kappa shape index (κ2) is 3.50. The molecule has 0 aromatic carbocycles. The van der Waals surface area contributed by atoms with Crippen molar-refractivity contribution in [1.82, 2.24) is 0 Å². The molecule has 0 aliphatic heterocycles. The van der Waals surface area contributed by atoms with Crippen molar-refractivity contribution in [2.24, 2.45) is 0 Å². The molecule has 6 heavy (non-hydrogen) atoms. The summed E-state index contributed by atoms with van der Waals surface area (Å²) < 4.78 is 32.8. The molecule has 0 aliphatic carbocycles. The van der Waals surface area contributed by atoms with Crippen LogP contribution in [-0.2, 0) is 10.4 Å². The van der Waals surface area contributed by atoms with Crippen molar-refractivity contribution < 1.29 is 17.5 Å².